The number of hydrogen-bond donors (Lipinski definition) is 4. The van der Waals surface area contributed by atoms with Crippen molar-refractivity contribution in [2.24, 2.45) is 5.41 Å². The number of aromatic carboxylic acids is 1. The molecule has 0 aliphatic rings. The molecule has 0 amide bonds. The molecule has 9 heteroatoms. The number of aromatic nitrogens is 2. The van der Waals surface area contributed by atoms with Gasteiger partial charge >= 0.3 is 5.97 Å². The second kappa shape index (κ2) is 5.68. The lowest BCUT2D eigenvalue weighted by Gasteiger charge is -2.23. The number of carbonyl (C=O) groups is 1. The fourth-order valence-electron chi connectivity index (χ4n) is 1.39. The molecule has 1 rings (SSSR count). The monoisotopic (exact) mass is 291 g/mol. The number of aromatic amines is 1. The minimum absolute atomic E-state index is 0.0564. The van der Waals surface area contributed by atoms with Gasteiger partial charge in [-0.2, -0.15) is 5.10 Å². The van der Waals surface area contributed by atoms with Crippen molar-refractivity contribution >= 4 is 16.0 Å². The van der Waals surface area contributed by atoms with Crippen LogP contribution < -0.4 is 4.72 Å². The number of rotatable bonds is 7. The molecule has 0 saturated carbocycles. The number of carboxylic acid groups (broad SMARTS) is 1. The Morgan fingerprint density at radius 1 is 1.53 bits per heavy atom. The van der Waals surface area contributed by atoms with E-state index in [2.05, 4.69) is 14.9 Å². The fourth-order valence-corrected chi connectivity index (χ4v) is 2.71. The Morgan fingerprint density at radius 2 is 2.16 bits per heavy atom. The van der Waals surface area contributed by atoms with Crippen LogP contribution in [0.2, 0.25) is 0 Å². The summed E-state index contributed by atoms with van der Waals surface area (Å²) in [6.07, 6.45) is 1.36. The minimum Gasteiger partial charge on any atom is -0.478 e. The molecule has 8 nitrogen and oxygen atoms in total. The van der Waals surface area contributed by atoms with Gasteiger partial charge in [0.25, 0.3) is 10.0 Å². The van der Waals surface area contributed by atoms with Crippen molar-refractivity contribution in [2.45, 2.75) is 25.3 Å². The van der Waals surface area contributed by atoms with E-state index < -0.39 is 32.0 Å². The molecule has 1 aromatic heterocycles. The lowest BCUT2D eigenvalue weighted by molar-refractivity contribution is 0.0692. The first-order valence-corrected chi connectivity index (χ1v) is 7.05. The number of aliphatic hydroxyl groups excluding tert-OH is 1. The van der Waals surface area contributed by atoms with E-state index in [1.165, 1.54) is 0 Å². The van der Waals surface area contributed by atoms with Crippen molar-refractivity contribution < 1.29 is 23.4 Å². The molecule has 19 heavy (non-hydrogen) atoms. The molecule has 0 aliphatic carbocycles. The van der Waals surface area contributed by atoms with Crippen molar-refractivity contribution in [3.05, 3.63) is 11.8 Å². The van der Waals surface area contributed by atoms with E-state index in [1.54, 1.807) is 13.8 Å². The first-order valence-electron chi connectivity index (χ1n) is 5.57. The number of aliphatic hydroxyl groups is 1. The molecule has 0 unspecified atom stereocenters. The first kappa shape index (κ1) is 15.6. The van der Waals surface area contributed by atoms with Crippen LogP contribution in [0.3, 0.4) is 0 Å². The van der Waals surface area contributed by atoms with Crippen LogP contribution in [0, 0.1) is 5.41 Å². The maximum Gasteiger partial charge on any atom is 0.340 e. The normalized spacial score (nSPS) is 12.6. The molecule has 0 saturated heterocycles. The van der Waals surface area contributed by atoms with Crippen LogP contribution in [0.25, 0.3) is 0 Å². The Bertz CT molecular complexity index is 549. The zero-order chi connectivity index (χ0) is 14.7. The smallest absolute Gasteiger partial charge is 0.340 e. The number of hydrogen-bond acceptors (Lipinski definition) is 5. The molecule has 0 aromatic carbocycles. The molecule has 0 bridgehead atoms. The SMILES string of the molecule is CC(C)(CCO)CNS(=O)(=O)c1[nH]ncc1C(=O)O. The highest BCUT2D eigenvalue weighted by Gasteiger charge is 2.27. The van der Waals surface area contributed by atoms with Gasteiger partial charge in [-0.3, -0.25) is 5.10 Å². The quantitative estimate of drug-likeness (QED) is 0.549. The van der Waals surface area contributed by atoms with Gasteiger partial charge in [-0.25, -0.2) is 17.9 Å². The van der Waals surface area contributed by atoms with Gasteiger partial charge in [0.15, 0.2) is 5.03 Å². The third-order valence-corrected chi connectivity index (χ3v) is 4.01. The molecule has 0 aliphatic heterocycles. The van der Waals surface area contributed by atoms with Crippen molar-refractivity contribution in [1.29, 1.82) is 0 Å². The molecule has 0 spiro atoms. The third kappa shape index (κ3) is 4.01. The van der Waals surface area contributed by atoms with Gasteiger partial charge in [0.05, 0.1) is 6.20 Å². The summed E-state index contributed by atoms with van der Waals surface area (Å²) in [6.45, 7) is 3.60. The zero-order valence-electron chi connectivity index (χ0n) is 10.7. The minimum atomic E-state index is -3.97. The Balaban J connectivity index is 2.88. The summed E-state index contributed by atoms with van der Waals surface area (Å²) in [5.74, 6) is -1.37. The molecule has 1 aromatic rings. The Morgan fingerprint density at radius 3 is 2.68 bits per heavy atom. The largest absolute Gasteiger partial charge is 0.478 e. The van der Waals surface area contributed by atoms with Crippen LogP contribution >= 0.6 is 0 Å². The van der Waals surface area contributed by atoms with Gasteiger partial charge in [-0.15, -0.1) is 0 Å². The highest BCUT2D eigenvalue weighted by atomic mass is 32.2. The standard InChI is InChI=1S/C10H17N3O5S/c1-10(2,3-4-14)6-12-19(17,18)8-7(9(15)16)5-11-13-8/h5,12,14H,3-4,6H2,1-2H3,(H,11,13)(H,15,16). The average molecular weight is 291 g/mol. The predicted molar refractivity (Wildman–Crippen MR) is 66.2 cm³/mol. The van der Waals surface area contributed by atoms with E-state index in [-0.39, 0.29) is 13.2 Å². The molecule has 0 atom stereocenters. The van der Waals surface area contributed by atoms with Crippen LogP contribution in [-0.2, 0) is 10.0 Å². The Kier molecular flexibility index (Phi) is 4.66. The molecule has 1 heterocycles. The lowest BCUT2D eigenvalue weighted by Crippen LogP contribution is -2.35. The number of carboxylic acids is 1. The fraction of sp³-hybridized carbons (Fsp3) is 0.600. The van der Waals surface area contributed by atoms with Crippen molar-refractivity contribution in [2.75, 3.05) is 13.2 Å². The van der Waals surface area contributed by atoms with E-state index in [0.717, 1.165) is 6.20 Å². The van der Waals surface area contributed by atoms with Crippen molar-refractivity contribution in [3.8, 4) is 0 Å². The highest BCUT2D eigenvalue weighted by Crippen LogP contribution is 2.20. The van der Waals surface area contributed by atoms with Gasteiger partial charge in [-0.05, 0) is 11.8 Å². The third-order valence-electron chi connectivity index (χ3n) is 2.63. The second-order valence-corrected chi connectivity index (χ2v) is 6.58. The molecule has 108 valence electrons. The highest BCUT2D eigenvalue weighted by molar-refractivity contribution is 7.89. The van der Waals surface area contributed by atoms with Gasteiger partial charge < -0.3 is 10.2 Å². The molecule has 4 N–H and O–H groups in total. The number of sulfonamides is 1. The summed E-state index contributed by atoms with van der Waals surface area (Å²) in [7, 11) is -3.97. The summed E-state index contributed by atoms with van der Waals surface area (Å²) < 4.78 is 26.2. The average Bonchev–Trinajstić information content (AvgIpc) is 2.76. The van der Waals surface area contributed by atoms with E-state index in [4.69, 9.17) is 10.2 Å². The number of H-pyrrole nitrogens is 1. The van der Waals surface area contributed by atoms with Crippen LogP contribution in [0.1, 0.15) is 30.6 Å². The molecule has 0 radical (unpaired) electrons. The number of nitrogens with zero attached hydrogens (tertiary/aromatic N) is 1. The summed E-state index contributed by atoms with van der Waals surface area (Å²) in [6, 6.07) is 0. The van der Waals surface area contributed by atoms with Gasteiger partial charge in [0.2, 0.25) is 0 Å². The summed E-state index contributed by atoms with van der Waals surface area (Å²) >= 11 is 0. The van der Waals surface area contributed by atoms with E-state index in [1.807, 2.05) is 0 Å². The van der Waals surface area contributed by atoms with Gasteiger partial charge in [0, 0.05) is 13.2 Å². The second-order valence-electron chi connectivity index (χ2n) is 4.88. The van der Waals surface area contributed by atoms with E-state index in [9.17, 15) is 13.2 Å². The maximum atomic E-state index is 12.0. The molecular weight excluding hydrogens is 274 g/mol. The summed E-state index contributed by atoms with van der Waals surface area (Å²) in [5.41, 5.74) is -0.849. The Hall–Kier alpha value is -1.45. The summed E-state index contributed by atoms with van der Waals surface area (Å²) in [4.78, 5) is 10.8. The topological polar surface area (TPSA) is 132 Å². The van der Waals surface area contributed by atoms with Crippen LogP contribution in [-0.4, -0.2) is 47.9 Å². The first-order chi connectivity index (χ1) is 8.69. The maximum absolute atomic E-state index is 12.0. The van der Waals surface area contributed by atoms with Gasteiger partial charge in [-0.1, -0.05) is 13.8 Å². The predicted octanol–water partition coefficient (Wildman–Crippen LogP) is -0.205. The Labute approximate surface area is 110 Å². The zero-order valence-corrected chi connectivity index (χ0v) is 11.5. The van der Waals surface area contributed by atoms with Gasteiger partial charge in [0.1, 0.15) is 5.56 Å². The van der Waals surface area contributed by atoms with Crippen LogP contribution in [0.15, 0.2) is 11.2 Å². The molecule has 0 fully saturated rings. The summed E-state index contributed by atoms with van der Waals surface area (Å²) in [5, 5.41) is 22.8. The lowest BCUT2D eigenvalue weighted by atomic mass is 9.90. The van der Waals surface area contributed by atoms with Crippen LogP contribution in [0.5, 0.6) is 0 Å². The number of nitrogens with one attached hydrogen (secondary N) is 2. The van der Waals surface area contributed by atoms with Crippen LogP contribution in [0.4, 0.5) is 0 Å². The molecular formula is C10H17N3O5S. The van der Waals surface area contributed by atoms with E-state index >= 15 is 0 Å². The van der Waals surface area contributed by atoms with Crippen molar-refractivity contribution in [3.63, 3.8) is 0 Å². The van der Waals surface area contributed by atoms with E-state index in [0.29, 0.717) is 6.42 Å². The van der Waals surface area contributed by atoms with Crippen molar-refractivity contribution in [1.82, 2.24) is 14.9 Å².